The van der Waals surface area contributed by atoms with Crippen LogP contribution in [0.3, 0.4) is 0 Å². The van der Waals surface area contributed by atoms with Gasteiger partial charge in [0.25, 0.3) is 5.91 Å². The van der Waals surface area contributed by atoms with Gasteiger partial charge in [0.2, 0.25) is 0 Å². The smallest absolute Gasteiger partial charge is 0.253 e. The zero-order valence-electron chi connectivity index (χ0n) is 15.9. The summed E-state index contributed by atoms with van der Waals surface area (Å²) in [6.45, 7) is 8.48. The molecule has 0 aliphatic carbocycles. The lowest BCUT2D eigenvalue weighted by atomic mass is 10.0. The molecule has 2 aromatic carbocycles. The standard InChI is InChI=1S/C22H28N2O2/c1-17(2)18-8-10-19(11-9-18)22(25)24-14-12-23(13-15-24)16-20-6-4-5-7-21(20)26-3/h4-11,17H,12-16H2,1-3H3. The summed E-state index contributed by atoms with van der Waals surface area (Å²) in [4.78, 5) is 17.1. The summed E-state index contributed by atoms with van der Waals surface area (Å²) in [5.41, 5.74) is 3.25. The fourth-order valence-corrected chi connectivity index (χ4v) is 3.38. The molecular weight excluding hydrogens is 324 g/mol. The Labute approximate surface area is 156 Å². The first-order valence-corrected chi connectivity index (χ1v) is 9.32. The molecule has 0 spiro atoms. The van der Waals surface area contributed by atoms with Crippen molar-refractivity contribution in [2.24, 2.45) is 0 Å². The second-order valence-electron chi connectivity index (χ2n) is 7.16. The van der Waals surface area contributed by atoms with Crippen LogP contribution in [0.2, 0.25) is 0 Å². The van der Waals surface area contributed by atoms with Gasteiger partial charge in [0.15, 0.2) is 0 Å². The molecule has 138 valence electrons. The highest BCUT2D eigenvalue weighted by Crippen LogP contribution is 2.21. The number of hydrogen-bond acceptors (Lipinski definition) is 3. The molecule has 0 saturated carbocycles. The minimum atomic E-state index is 0.136. The maximum atomic E-state index is 12.7. The van der Waals surface area contributed by atoms with Crippen LogP contribution in [0.15, 0.2) is 48.5 Å². The van der Waals surface area contributed by atoms with Gasteiger partial charge in [-0.1, -0.05) is 44.2 Å². The quantitative estimate of drug-likeness (QED) is 0.821. The van der Waals surface area contributed by atoms with Crippen LogP contribution in [-0.2, 0) is 6.54 Å². The fourth-order valence-electron chi connectivity index (χ4n) is 3.38. The van der Waals surface area contributed by atoms with Crippen LogP contribution < -0.4 is 4.74 Å². The van der Waals surface area contributed by atoms with Crippen LogP contribution in [-0.4, -0.2) is 49.0 Å². The third kappa shape index (κ3) is 4.25. The Kier molecular flexibility index (Phi) is 5.94. The topological polar surface area (TPSA) is 32.8 Å². The van der Waals surface area contributed by atoms with Gasteiger partial charge in [-0.25, -0.2) is 0 Å². The SMILES string of the molecule is COc1ccccc1CN1CCN(C(=O)c2ccc(C(C)C)cc2)CC1. The Morgan fingerprint density at radius 2 is 1.65 bits per heavy atom. The second kappa shape index (κ2) is 8.37. The first kappa shape index (κ1) is 18.5. The van der Waals surface area contributed by atoms with Crippen LogP contribution in [0, 0.1) is 0 Å². The first-order chi connectivity index (χ1) is 12.6. The van der Waals surface area contributed by atoms with E-state index in [1.54, 1.807) is 7.11 Å². The second-order valence-corrected chi connectivity index (χ2v) is 7.16. The van der Waals surface area contributed by atoms with E-state index in [0.29, 0.717) is 5.92 Å². The van der Waals surface area contributed by atoms with E-state index in [-0.39, 0.29) is 5.91 Å². The van der Waals surface area contributed by atoms with Crippen LogP contribution in [0.5, 0.6) is 5.75 Å². The number of ether oxygens (including phenoxy) is 1. The van der Waals surface area contributed by atoms with Crippen molar-refractivity contribution in [1.82, 2.24) is 9.80 Å². The molecule has 0 N–H and O–H groups in total. The molecule has 26 heavy (non-hydrogen) atoms. The van der Waals surface area contributed by atoms with Gasteiger partial charge in [0, 0.05) is 43.9 Å². The Hall–Kier alpha value is -2.33. The molecule has 1 amide bonds. The molecule has 1 fully saturated rings. The van der Waals surface area contributed by atoms with E-state index >= 15 is 0 Å². The van der Waals surface area contributed by atoms with Crippen molar-refractivity contribution in [2.75, 3.05) is 33.3 Å². The van der Waals surface area contributed by atoms with Crippen LogP contribution >= 0.6 is 0 Å². The highest BCUT2D eigenvalue weighted by Gasteiger charge is 2.22. The van der Waals surface area contributed by atoms with E-state index in [4.69, 9.17) is 4.74 Å². The summed E-state index contributed by atoms with van der Waals surface area (Å²) in [6.07, 6.45) is 0. The summed E-state index contributed by atoms with van der Waals surface area (Å²) in [5.74, 6) is 1.55. The van der Waals surface area contributed by atoms with Gasteiger partial charge in [-0.3, -0.25) is 9.69 Å². The van der Waals surface area contributed by atoms with E-state index in [1.165, 1.54) is 11.1 Å². The van der Waals surface area contributed by atoms with Gasteiger partial charge in [0.05, 0.1) is 7.11 Å². The molecule has 0 aromatic heterocycles. The summed E-state index contributed by atoms with van der Waals surface area (Å²) in [6, 6.07) is 16.2. The monoisotopic (exact) mass is 352 g/mol. The van der Waals surface area contributed by atoms with Gasteiger partial charge in [0.1, 0.15) is 5.75 Å². The average Bonchev–Trinajstić information content (AvgIpc) is 2.68. The molecule has 2 aromatic rings. The van der Waals surface area contributed by atoms with Crippen molar-refractivity contribution < 1.29 is 9.53 Å². The van der Waals surface area contributed by atoms with Crippen molar-refractivity contribution in [1.29, 1.82) is 0 Å². The van der Waals surface area contributed by atoms with Crippen molar-refractivity contribution in [3.8, 4) is 5.75 Å². The van der Waals surface area contributed by atoms with Crippen molar-refractivity contribution in [3.05, 3.63) is 65.2 Å². The minimum Gasteiger partial charge on any atom is -0.496 e. The lowest BCUT2D eigenvalue weighted by Gasteiger charge is -2.35. The highest BCUT2D eigenvalue weighted by atomic mass is 16.5. The van der Waals surface area contributed by atoms with E-state index in [1.807, 2.05) is 35.2 Å². The molecule has 1 aliphatic heterocycles. The zero-order valence-corrected chi connectivity index (χ0v) is 15.9. The molecule has 1 heterocycles. The number of para-hydroxylation sites is 1. The van der Waals surface area contributed by atoms with Gasteiger partial charge < -0.3 is 9.64 Å². The number of amides is 1. The molecule has 1 aliphatic rings. The van der Waals surface area contributed by atoms with Gasteiger partial charge >= 0.3 is 0 Å². The number of rotatable bonds is 5. The number of carbonyl (C=O) groups is 1. The number of benzene rings is 2. The molecule has 4 heteroatoms. The maximum Gasteiger partial charge on any atom is 0.253 e. The first-order valence-electron chi connectivity index (χ1n) is 9.32. The fraction of sp³-hybridized carbons (Fsp3) is 0.409. The van der Waals surface area contributed by atoms with Gasteiger partial charge in [-0.15, -0.1) is 0 Å². The van der Waals surface area contributed by atoms with Crippen LogP contribution in [0.4, 0.5) is 0 Å². The Morgan fingerprint density at radius 1 is 1.00 bits per heavy atom. The Balaban J connectivity index is 1.57. The number of hydrogen-bond donors (Lipinski definition) is 0. The zero-order chi connectivity index (χ0) is 18.5. The third-order valence-electron chi connectivity index (χ3n) is 5.07. The number of carbonyl (C=O) groups excluding carboxylic acids is 1. The highest BCUT2D eigenvalue weighted by molar-refractivity contribution is 5.94. The molecule has 0 radical (unpaired) electrons. The lowest BCUT2D eigenvalue weighted by molar-refractivity contribution is 0.0627. The Bertz CT molecular complexity index is 732. The van der Waals surface area contributed by atoms with E-state index < -0.39 is 0 Å². The molecular formula is C22H28N2O2. The number of piperazine rings is 1. The van der Waals surface area contributed by atoms with Gasteiger partial charge in [-0.05, 0) is 29.7 Å². The van der Waals surface area contributed by atoms with Gasteiger partial charge in [-0.2, -0.15) is 0 Å². The average molecular weight is 352 g/mol. The van der Waals surface area contributed by atoms with E-state index in [0.717, 1.165) is 44.0 Å². The molecule has 0 unspecified atom stereocenters. The molecule has 3 rings (SSSR count). The number of methoxy groups -OCH3 is 1. The molecule has 1 saturated heterocycles. The normalized spacial score (nSPS) is 15.3. The minimum absolute atomic E-state index is 0.136. The predicted molar refractivity (Wildman–Crippen MR) is 105 cm³/mol. The molecule has 0 atom stereocenters. The van der Waals surface area contributed by atoms with Crippen molar-refractivity contribution >= 4 is 5.91 Å². The molecule has 0 bridgehead atoms. The summed E-state index contributed by atoms with van der Waals surface area (Å²) < 4.78 is 5.44. The lowest BCUT2D eigenvalue weighted by Crippen LogP contribution is -2.48. The largest absolute Gasteiger partial charge is 0.496 e. The Morgan fingerprint density at radius 3 is 2.27 bits per heavy atom. The van der Waals surface area contributed by atoms with E-state index in [9.17, 15) is 4.79 Å². The number of nitrogens with zero attached hydrogens (tertiary/aromatic N) is 2. The third-order valence-corrected chi connectivity index (χ3v) is 5.07. The molecule has 4 nitrogen and oxygen atoms in total. The van der Waals surface area contributed by atoms with Crippen molar-refractivity contribution in [2.45, 2.75) is 26.3 Å². The van der Waals surface area contributed by atoms with Crippen LogP contribution in [0.25, 0.3) is 0 Å². The predicted octanol–water partition coefficient (Wildman–Crippen LogP) is 3.78. The van der Waals surface area contributed by atoms with E-state index in [2.05, 4.69) is 36.9 Å². The summed E-state index contributed by atoms with van der Waals surface area (Å²) >= 11 is 0. The van der Waals surface area contributed by atoms with Crippen molar-refractivity contribution in [3.63, 3.8) is 0 Å². The maximum absolute atomic E-state index is 12.7. The summed E-state index contributed by atoms with van der Waals surface area (Å²) in [5, 5.41) is 0. The summed E-state index contributed by atoms with van der Waals surface area (Å²) in [7, 11) is 1.71. The van der Waals surface area contributed by atoms with Crippen LogP contribution in [0.1, 0.15) is 41.3 Å².